The second-order valence-corrected chi connectivity index (χ2v) is 5.23. The zero-order valence-electron chi connectivity index (χ0n) is 10.7. The summed E-state index contributed by atoms with van der Waals surface area (Å²) in [5.74, 6) is 1.23. The van der Waals surface area contributed by atoms with E-state index in [0.29, 0.717) is 0 Å². The van der Waals surface area contributed by atoms with E-state index in [1.165, 1.54) is 35.6 Å². The predicted molar refractivity (Wildman–Crippen MR) is 75.6 cm³/mol. The van der Waals surface area contributed by atoms with E-state index in [1.807, 2.05) is 11.8 Å². The molecule has 0 heterocycles. The van der Waals surface area contributed by atoms with Crippen LogP contribution in [0.5, 0.6) is 0 Å². The fourth-order valence-electron chi connectivity index (χ4n) is 1.68. The average molecular weight is 237 g/mol. The van der Waals surface area contributed by atoms with Gasteiger partial charge in [-0.05, 0) is 30.7 Å². The molecule has 1 rings (SSSR count). The fourth-order valence-corrected chi connectivity index (χ4v) is 2.88. The molecule has 2 heteroatoms. The summed E-state index contributed by atoms with van der Waals surface area (Å²) in [5, 5.41) is 0. The molecule has 0 spiro atoms. The molecule has 1 aromatic rings. The van der Waals surface area contributed by atoms with Crippen molar-refractivity contribution >= 4 is 17.4 Å². The number of unbranched alkanes of at least 4 members (excludes halogenated alkanes) is 1. The molecule has 0 atom stereocenters. The van der Waals surface area contributed by atoms with Crippen LogP contribution in [0, 0.1) is 0 Å². The molecular formula is C14H23NS. The van der Waals surface area contributed by atoms with Gasteiger partial charge in [-0.1, -0.05) is 32.4 Å². The summed E-state index contributed by atoms with van der Waals surface area (Å²) in [6, 6.07) is 8.73. The van der Waals surface area contributed by atoms with E-state index >= 15 is 0 Å². The van der Waals surface area contributed by atoms with Crippen molar-refractivity contribution in [2.45, 2.75) is 38.0 Å². The highest BCUT2D eigenvalue weighted by molar-refractivity contribution is 7.99. The molecule has 0 amide bonds. The Bertz CT molecular complexity index is 299. The maximum atomic E-state index is 2.36. The minimum Gasteiger partial charge on any atom is -0.374 e. The summed E-state index contributed by atoms with van der Waals surface area (Å²) < 4.78 is 0. The highest BCUT2D eigenvalue weighted by Gasteiger charge is 2.05. The molecule has 0 N–H and O–H groups in total. The van der Waals surface area contributed by atoms with Crippen molar-refractivity contribution in [2.24, 2.45) is 0 Å². The summed E-state index contributed by atoms with van der Waals surface area (Å²) in [6.07, 6.45) is 3.78. The van der Waals surface area contributed by atoms with Crippen molar-refractivity contribution in [2.75, 3.05) is 24.2 Å². The predicted octanol–water partition coefficient (Wildman–Crippen LogP) is 4.43. The van der Waals surface area contributed by atoms with Crippen molar-refractivity contribution in [3.05, 3.63) is 24.3 Å². The van der Waals surface area contributed by atoms with Crippen molar-refractivity contribution in [1.82, 2.24) is 0 Å². The summed E-state index contributed by atoms with van der Waals surface area (Å²) in [6.45, 7) is 5.60. The molecule has 0 bridgehead atoms. The Balaban J connectivity index is 2.67. The molecule has 0 saturated heterocycles. The molecule has 90 valence electrons. The van der Waals surface area contributed by atoms with Gasteiger partial charge in [-0.25, -0.2) is 0 Å². The zero-order valence-corrected chi connectivity index (χ0v) is 11.5. The van der Waals surface area contributed by atoms with Gasteiger partial charge in [0, 0.05) is 18.5 Å². The van der Waals surface area contributed by atoms with Gasteiger partial charge in [-0.2, -0.15) is 0 Å². The Hall–Kier alpha value is -0.630. The SMILES string of the molecule is CCCCSc1ccccc1N(C)CCC. The molecular weight excluding hydrogens is 214 g/mol. The summed E-state index contributed by atoms with van der Waals surface area (Å²) in [7, 11) is 2.18. The van der Waals surface area contributed by atoms with Crippen molar-refractivity contribution < 1.29 is 0 Å². The molecule has 0 aliphatic heterocycles. The van der Waals surface area contributed by atoms with Gasteiger partial charge in [-0.15, -0.1) is 11.8 Å². The van der Waals surface area contributed by atoms with Crippen LogP contribution in [-0.4, -0.2) is 19.3 Å². The van der Waals surface area contributed by atoms with Crippen LogP contribution in [0.2, 0.25) is 0 Å². The minimum atomic E-state index is 1.13. The van der Waals surface area contributed by atoms with Crippen molar-refractivity contribution in [3.8, 4) is 0 Å². The first-order chi connectivity index (χ1) is 7.79. The normalized spacial score (nSPS) is 10.4. The van der Waals surface area contributed by atoms with Gasteiger partial charge in [0.15, 0.2) is 0 Å². The zero-order chi connectivity index (χ0) is 11.8. The Morgan fingerprint density at radius 3 is 2.56 bits per heavy atom. The highest BCUT2D eigenvalue weighted by atomic mass is 32.2. The molecule has 0 unspecified atom stereocenters. The molecule has 0 aliphatic carbocycles. The van der Waals surface area contributed by atoms with Crippen molar-refractivity contribution in [1.29, 1.82) is 0 Å². The largest absolute Gasteiger partial charge is 0.374 e. The van der Waals surface area contributed by atoms with Crippen LogP contribution in [-0.2, 0) is 0 Å². The smallest absolute Gasteiger partial charge is 0.0501 e. The topological polar surface area (TPSA) is 3.24 Å². The van der Waals surface area contributed by atoms with Crippen LogP contribution < -0.4 is 4.90 Å². The van der Waals surface area contributed by atoms with Gasteiger partial charge in [-0.3, -0.25) is 0 Å². The summed E-state index contributed by atoms with van der Waals surface area (Å²) in [4.78, 5) is 3.78. The van der Waals surface area contributed by atoms with Crippen molar-refractivity contribution in [3.63, 3.8) is 0 Å². The molecule has 16 heavy (non-hydrogen) atoms. The molecule has 1 nitrogen and oxygen atoms in total. The lowest BCUT2D eigenvalue weighted by Gasteiger charge is -2.21. The monoisotopic (exact) mass is 237 g/mol. The number of benzene rings is 1. The first kappa shape index (κ1) is 13.4. The number of rotatable bonds is 7. The highest BCUT2D eigenvalue weighted by Crippen LogP contribution is 2.30. The third-order valence-electron chi connectivity index (χ3n) is 2.59. The average Bonchev–Trinajstić information content (AvgIpc) is 2.30. The lowest BCUT2D eigenvalue weighted by Crippen LogP contribution is -2.18. The van der Waals surface area contributed by atoms with Gasteiger partial charge in [0.1, 0.15) is 0 Å². The van der Waals surface area contributed by atoms with E-state index in [0.717, 1.165) is 6.54 Å². The van der Waals surface area contributed by atoms with E-state index in [-0.39, 0.29) is 0 Å². The first-order valence-corrected chi connectivity index (χ1v) is 7.21. The molecule has 0 saturated carbocycles. The van der Waals surface area contributed by atoms with Gasteiger partial charge in [0.25, 0.3) is 0 Å². The van der Waals surface area contributed by atoms with E-state index in [2.05, 4.69) is 50.1 Å². The summed E-state index contributed by atoms with van der Waals surface area (Å²) in [5.41, 5.74) is 1.38. The Labute approximate surface area is 104 Å². The van der Waals surface area contributed by atoms with Crippen LogP contribution in [0.1, 0.15) is 33.1 Å². The molecule has 0 aromatic heterocycles. The van der Waals surface area contributed by atoms with Crippen LogP contribution >= 0.6 is 11.8 Å². The Morgan fingerprint density at radius 2 is 1.88 bits per heavy atom. The van der Waals surface area contributed by atoms with Crippen LogP contribution in [0.25, 0.3) is 0 Å². The van der Waals surface area contributed by atoms with E-state index in [9.17, 15) is 0 Å². The van der Waals surface area contributed by atoms with Crippen LogP contribution in [0.3, 0.4) is 0 Å². The molecule has 0 fully saturated rings. The van der Waals surface area contributed by atoms with Gasteiger partial charge < -0.3 is 4.90 Å². The van der Waals surface area contributed by atoms with Gasteiger partial charge >= 0.3 is 0 Å². The second kappa shape index (κ2) is 7.61. The molecule has 0 aliphatic rings. The number of anilines is 1. The van der Waals surface area contributed by atoms with E-state index in [4.69, 9.17) is 0 Å². The van der Waals surface area contributed by atoms with Crippen LogP contribution in [0.4, 0.5) is 5.69 Å². The Kier molecular flexibility index (Phi) is 6.39. The molecule has 0 radical (unpaired) electrons. The fraction of sp³-hybridized carbons (Fsp3) is 0.571. The van der Waals surface area contributed by atoms with Gasteiger partial charge in [0.2, 0.25) is 0 Å². The number of para-hydroxylation sites is 1. The first-order valence-electron chi connectivity index (χ1n) is 6.22. The third kappa shape index (κ3) is 4.09. The maximum Gasteiger partial charge on any atom is 0.0501 e. The number of thioether (sulfide) groups is 1. The lowest BCUT2D eigenvalue weighted by molar-refractivity contribution is 0.844. The summed E-state index contributed by atoms with van der Waals surface area (Å²) >= 11 is 1.98. The number of nitrogens with zero attached hydrogens (tertiary/aromatic N) is 1. The third-order valence-corrected chi connectivity index (χ3v) is 3.74. The Morgan fingerprint density at radius 1 is 1.12 bits per heavy atom. The second-order valence-electron chi connectivity index (χ2n) is 4.09. The maximum absolute atomic E-state index is 2.36. The van der Waals surface area contributed by atoms with E-state index in [1.54, 1.807) is 0 Å². The quantitative estimate of drug-likeness (QED) is 0.510. The molecule has 1 aromatic carbocycles. The van der Waals surface area contributed by atoms with Crippen LogP contribution in [0.15, 0.2) is 29.2 Å². The minimum absolute atomic E-state index is 1.13. The van der Waals surface area contributed by atoms with E-state index < -0.39 is 0 Å². The number of hydrogen-bond donors (Lipinski definition) is 0. The van der Waals surface area contributed by atoms with Gasteiger partial charge in [0.05, 0.1) is 5.69 Å². The lowest BCUT2D eigenvalue weighted by atomic mass is 10.3. The number of hydrogen-bond acceptors (Lipinski definition) is 2. The standard InChI is InChI=1S/C14H23NS/c1-4-6-12-16-14-10-8-7-9-13(14)15(3)11-5-2/h7-10H,4-6,11-12H2,1-3H3.